The molecule has 0 spiro atoms. The number of pyridine rings is 2. The van der Waals surface area contributed by atoms with Crippen molar-refractivity contribution in [1.82, 2.24) is 14.9 Å². The van der Waals surface area contributed by atoms with Gasteiger partial charge in [0, 0.05) is 50.3 Å². The summed E-state index contributed by atoms with van der Waals surface area (Å²) in [6, 6.07) is 19.2. The SMILES string of the molecule is N/C(=C\N(N)c1ccc(CC=O)cc1)CN(Cc1ccccn1)Cc1ccccn1. The van der Waals surface area contributed by atoms with Gasteiger partial charge >= 0.3 is 0 Å². The Balaban J connectivity index is 1.70. The number of anilines is 1. The van der Waals surface area contributed by atoms with E-state index < -0.39 is 0 Å². The van der Waals surface area contributed by atoms with Crippen molar-refractivity contribution in [2.24, 2.45) is 11.6 Å². The summed E-state index contributed by atoms with van der Waals surface area (Å²) in [6.07, 6.45) is 6.54. The van der Waals surface area contributed by atoms with Crippen molar-refractivity contribution in [3.05, 3.63) is 102 Å². The van der Waals surface area contributed by atoms with Crippen LogP contribution in [0.1, 0.15) is 17.0 Å². The molecule has 0 aliphatic rings. The molecule has 2 aromatic heterocycles. The first-order chi connectivity index (χ1) is 14.6. The van der Waals surface area contributed by atoms with Crippen LogP contribution in [-0.2, 0) is 24.3 Å². The number of hydrogen-bond donors (Lipinski definition) is 2. The van der Waals surface area contributed by atoms with Crippen molar-refractivity contribution in [2.75, 3.05) is 11.6 Å². The Morgan fingerprint density at radius 1 is 0.900 bits per heavy atom. The summed E-state index contributed by atoms with van der Waals surface area (Å²) in [5.41, 5.74) is 10.6. The van der Waals surface area contributed by atoms with Crippen LogP contribution < -0.4 is 16.6 Å². The molecule has 0 fully saturated rings. The first-order valence-electron chi connectivity index (χ1n) is 9.69. The first kappa shape index (κ1) is 21.2. The predicted octanol–water partition coefficient (Wildman–Crippen LogP) is 2.40. The fourth-order valence-electron chi connectivity index (χ4n) is 3.06. The van der Waals surface area contributed by atoms with Crippen molar-refractivity contribution in [1.29, 1.82) is 0 Å². The lowest BCUT2D eigenvalue weighted by molar-refractivity contribution is -0.107. The highest BCUT2D eigenvalue weighted by Crippen LogP contribution is 2.14. The molecule has 30 heavy (non-hydrogen) atoms. The maximum atomic E-state index is 10.6. The molecule has 4 N–H and O–H groups in total. The summed E-state index contributed by atoms with van der Waals surface area (Å²) in [5.74, 6) is 6.17. The highest BCUT2D eigenvalue weighted by molar-refractivity contribution is 5.57. The molecule has 0 aliphatic heterocycles. The average molecular weight is 403 g/mol. The van der Waals surface area contributed by atoms with Gasteiger partial charge in [0.1, 0.15) is 6.29 Å². The van der Waals surface area contributed by atoms with E-state index in [-0.39, 0.29) is 0 Å². The fraction of sp³-hybridized carbons (Fsp3) is 0.174. The first-order valence-corrected chi connectivity index (χ1v) is 9.69. The molecule has 7 heteroatoms. The smallest absolute Gasteiger partial charge is 0.124 e. The van der Waals surface area contributed by atoms with Crippen LogP contribution in [0.25, 0.3) is 0 Å². The van der Waals surface area contributed by atoms with E-state index >= 15 is 0 Å². The summed E-state index contributed by atoms with van der Waals surface area (Å²) in [5, 5.41) is 1.49. The average Bonchev–Trinajstić information content (AvgIpc) is 2.76. The van der Waals surface area contributed by atoms with Gasteiger partial charge in [-0.2, -0.15) is 0 Å². The summed E-state index contributed by atoms with van der Waals surface area (Å²) in [7, 11) is 0. The summed E-state index contributed by atoms with van der Waals surface area (Å²) < 4.78 is 0. The van der Waals surface area contributed by atoms with Gasteiger partial charge in [-0.3, -0.25) is 19.9 Å². The van der Waals surface area contributed by atoms with E-state index in [1.54, 1.807) is 18.6 Å². The van der Waals surface area contributed by atoms with Gasteiger partial charge in [0.05, 0.1) is 17.1 Å². The van der Waals surface area contributed by atoms with Gasteiger partial charge in [-0.05, 0) is 42.0 Å². The number of carbonyl (C=O) groups is 1. The zero-order valence-corrected chi connectivity index (χ0v) is 16.8. The number of hydrazine groups is 1. The monoisotopic (exact) mass is 402 g/mol. The van der Waals surface area contributed by atoms with Crippen LogP contribution in [0.5, 0.6) is 0 Å². The van der Waals surface area contributed by atoms with Crippen LogP contribution in [0.3, 0.4) is 0 Å². The lowest BCUT2D eigenvalue weighted by atomic mass is 10.1. The Hall–Kier alpha value is -3.55. The third-order valence-electron chi connectivity index (χ3n) is 4.49. The number of nitrogens with zero attached hydrogens (tertiary/aromatic N) is 4. The van der Waals surface area contributed by atoms with Gasteiger partial charge in [-0.1, -0.05) is 24.3 Å². The minimum atomic E-state index is 0.388. The third kappa shape index (κ3) is 6.51. The number of rotatable bonds is 10. The molecule has 3 aromatic rings. The van der Waals surface area contributed by atoms with Crippen LogP contribution in [0.2, 0.25) is 0 Å². The van der Waals surface area contributed by atoms with E-state index in [0.29, 0.717) is 31.8 Å². The van der Waals surface area contributed by atoms with Crippen molar-refractivity contribution < 1.29 is 4.79 Å². The zero-order valence-electron chi connectivity index (χ0n) is 16.8. The molecule has 0 atom stereocenters. The number of hydrogen-bond acceptors (Lipinski definition) is 7. The normalized spacial score (nSPS) is 11.5. The molecular formula is C23H26N6O. The Labute approximate surface area is 176 Å². The van der Waals surface area contributed by atoms with E-state index in [1.165, 1.54) is 5.01 Å². The predicted molar refractivity (Wildman–Crippen MR) is 118 cm³/mol. The van der Waals surface area contributed by atoms with Crippen molar-refractivity contribution in [3.8, 4) is 0 Å². The van der Waals surface area contributed by atoms with Gasteiger partial charge in [0.2, 0.25) is 0 Å². The van der Waals surface area contributed by atoms with Gasteiger partial charge < -0.3 is 10.5 Å². The van der Waals surface area contributed by atoms with Gasteiger partial charge in [0.15, 0.2) is 0 Å². The second kappa shape index (κ2) is 10.8. The number of benzene rings is 1. The van der Waals surface area contributed by atoms with Gasteiger partial charge in [0.25, 0.3) is 0 Å². The van der Waals surface area contributed by atoms with Gasteiger partial charge in [-0.15, -0.1) is 0 Å². The second-order valence-electron chi connectivity index (χ2n) is 6.94. The summed E-state index contributed by atoms with van der Waals surface area (Å²) >= 11 is 0. The van der Waals surface area contributed by atoms with Crippen LogP contribution >= 0.6 is 0 Å². The van der Waals surface area contributed by atoms with E-state index in [0.717, 1.165) is 28.9 Å². The van der Waals surface area contributed by atoms with E-state index in [9.17, 15) is 4.79 Å². The quantitative estimate of drug-likeness (QED) is 0.305. The lowest BCUT2D eigenvalue weighted by Crippen LogP contribution is -2.31. The molecule has 0 aliphatic carbocycles. The largest absolute Gasteiger partial charge is 0.400 e. The second-order valence-corrected chi connectivity index (χ2v) is 6.94. The maximum Gasteiger partial charge on any atom is 0.124 e. The Bertz CT molecular complexity index is 903. The van der Waals surface area contributed by atoms with E-state index in [1.807, 2.05) is 60.7 Å². The Morgan fingerprint density at radius 2 is 1.50 bits per heavy atom. The molecular weight excluding hydrogens is 376 g/mol. The molecule has 7 nitrogen and oxygen atoms in total. The van der Waals surface area contributed by atoms with Crippen molar-refractivity contribution in [2.45, 2.75) is 19.5 Å². The van der Waals surface area contributed by atoms with Crippen LogP contribution in [0.4, 0.5) is 5.69 Å². The van der Waals surface area contributed by atoms with Crippen LogP contribution in [-0.4, -0.2) is 27.7 Å². The Kier molecular flexibility index (Phi) is 7.65. The minimum absolute atomic E-state index is 0.388. The highest BCUT2D eigenvalue weighted by atomic mass is 16.1. The molecule has 0 bridgehead atoms. The highest BCUT2D eigenvalue weighted by Gasteiger charge is 2.11. The lowest BCUT2D eigenvalue weighted by Gasteiger charge is -2.23. The van der Waals surface area contributed by atoms with Crippen molar-refractivity contribution in [3.63, 3.8) is 0 Å². The van der Waals surface area contributed by atoms with Gasteiger partial charge in [-0.25, -0.2) is 5.84 Å². The van der Waals surface area contributed by atoms with Crippen LogP contribution in [0.15, 0.2) is 85.0 Å². The molecule has 0 radical (unpaired) electrons. The van der Waals surface area contributed by atoms with Crippen LogP contribution in [0, 0.1) is 0 Å². The fourth-order valence-corrected chi connectivity index (χ4v) is 3.06. The number of nitrogens with two attached hydrogens (primary N) is 2. The molecule has 0 saturated carbocycles. The molecule has 0 amide bonds. The zero-order chi connectivity index (χ0) is 21.2. The molecule has 2 heterocycles. The number of aromatic nitrogens is 2. The van der Waals surface area contributed by atoms with Crippen molar-refractivity contribution >= 4 is 12.0 Å². The Morgan fingerprint density at radius 3 is 2.00 bits per heavy atom. The topological polar surface area (TPSA) is 101 Å². The molecule has 154 valence electrons. The molecule has 0 saturated heterocycles. The number of aldehydes is 1. The minimum Gasteiger partial charge on any atom is -0.400 e. The van der Waals surface area contributed by atoms with E-state index in [4.69, 9.17) is 11.6 Å². The molecule has 0 unspecified atom stereocenters. The summed E-state index contributed by atoms with van der Waals surface area (Å²) in [4.78, 5) is 21.6. The third-order valence-corrected chi connectivity index (χ3v) is 4.49. The number of carbonyl (C=O) groups excluding carboxylic acids is 1. The standard InChI is InChI=1S/C23H26N6O/c24-20(16-29(25)23-9-7-19(8-10-23)11-14-30)15-28(17-21-5-1-3-12-26-21)18-22-6-2-4-13-27-22/h1-10,12-14,16H,11,15,17-18,24-25H2/b20-16-. The maximum absolute atomic E-state index is 10.6. The molecule has 3 rings (SSSR count). The molecule has 1 aromatic carbocycles. The summed E-state index contributed by atoms with van der Waals surface area (Å²) in [6.45, 7) is 1.78. The van der Waals surface area contributed by atoms with E-state index in [2.05, 4.69) is 14.9 Å².